The van der Waals surface area contributed by atoms with Crippen molar-refractivity contribution in [2.24, 2.45) is 5.92 Å². The molecule has 1 aliphatic rings. The van der Waals surface area contributed by atoms with Crippen LogP contribution in [0.5, 0.6) is 5.75 Å². The lowest BCUT2D eigenvalue weighted by Gasteiger charge is -2.27. The van der Waals surface area contributed by atoms with E-state index in [-0.39, 0.29) is 11.7 Å². The van der Waals surface area contributed by atoms with Gasteiger partial charge >= 0.3 is 5.97 Å². The number of carbonyl (C=O) groups is 1. The summed E-state index contributed by atoms with van der Waals surface area (Å²) in [7, 11) is 1.56. The van der Waals surface area contributed by atoms with Gasteiger partial charge in [0.2, 0.25) is 0 Å². The van der Waals surface area contributed by atoms with Crippen LogP contribution in [0, 0.1) is 11.7 Å². The van der Waals surface area contributed by atoms with Crippen LogP contribution in [0.2, 0.25) is 0 Å². The Morgan fingerprint density at radius 1 is 1.40 bits per heavy atom. The monoisotopic (exact) mass is 281 g/mol. The molecule has 0 saturated heterocycles. The molecule has 20 heavy (non-hydrogen) atoms. The summed E-state index contributed by atoms with van der Waals surface area (Å²) in [6.45, 7) is 0.531. The first kappa shape index (κ1) is 14.8. The van der Waals surface area contributed by atoms with E-state index in [0.29, 0.717) is 31.2 Å². The molecule has 0 aromatic heterocycles. The predicted molar refractivity (Wildman–Crippen MR) is 73.2 cm³/mol. The quantitative estimate of drug-likeness (QED) is 0.871. The summed E-state index contributed by atoms with van der Waals surface area (Å²) in [4.78, 5) is 10.9. The Morgan fingerprint density at radius 2 is 2.10 bits per heavy atom. The molecule has 4 nitrogen and oxygen atoms in total. The van der Waals surface area contributed by atoms with Gasteiger partial charge in [0.05, 0.1) is 13.0 Å². The fourth-order valence-electron chi connectivity index (χ4n) is 2.68. The number of methoxy groups -OCH3 is 1. The standard InChI is InChI=1S/C15H20FNO3/c1-20-14-7-4-12(16)8-11(14)9-17-13-5-2-10(3-6-13)15(18)19/h4,7-8,10,13,17H,2-3,5-6,9H2,1H3,(H,18,19). The van der Waals surface area contributed by atoms with Gasteiger partial charge in [-0.1, -0.05) is 0 Å². The third-order valence-electron chi connectivity index (χ3n) is 3.90. The highest BCUT2D eigenvalue weighted by Gasteiger charge is 2.25. The maximum absolute atomic E-state index is 13.2. The summed E-state index contributed by atoms with van der Waals surface area (Å²) in [6, 6.07) is 4.75. The topological polar surface area (TPSA) is 58.6 Å². The number of ether oxygens (including phenoxy) is 1. The maximum atomic E-state index is 13.2. The van der Waals surface area contributed by atoms with E-state index in [1.54, 1.807) is 13.2 Å². The largest absolute Gasteiger partial charge is 0.496 e. The molecule has 0 aliphatic heterocycles. The zero-order valence-electron chi connectivity index (χ0n) is 11.6. The highest BCUT2D eigenvalue weighted by atomic mass is 19.1. The zero-order chi connectivity index (χ0) is 14.5. The minimum Gasteiger partial charge on any atom is -0.496 e. The molecule has 2 rings (SSSR count). The fourth-order valence-corrected chi connectivity index (χ4v) is 2.68. The van der Waals surface area contributed by atoms with Crippen molar-refractivity contribution >= 4 is 5.97 Å². The van der Waals surface area contributed by atoms with Crippen molar-refractivity contribution in [3.8, 4) is 5.75 Å². The van der Waals surface area contributed by atoms with E-state index in [4.69, 9.17) is 9.84 Å². The Labute approximate surface area is 117 Å². The molecule has 1 aromatic rings. The molecule has 0 radical (unpaired) electrons. The van der Waals surface area contributed by atoms with Crippen molar-refractivity contribution in [2.75, 3.05) is 7.11 Å². The molecule has 0 bridgehead atoms. The molecule has 1 fully saturated rings. The van der Waals surface area contributed by atoms with E-state index in [2.05, 4.69) is 5.32 Å². The van der Waals surface area contributed by atoms with Gasteiger partial charge in [0, 0.05) is 18.2 Å². The Hall–Kier alpha value is -1.62. The molecular formula is C15H20FNO3. The second kappa shape index (κ2) is 6.70. The van der Waals surface area contributed by atoms with Gasteiger partial charge in [0.1, 0.15) is 11.6 Å². The van der Waals surface area contributed by atoms with E-state index in [1.807, 2.05) is 0 Å². The van der Waals surface area contributed by atoms with Crippen LogP contribution in [0.1, 0.15) is 31.2 Å². The Kier molecular flexibility index (Phi) is 4.95. The average molecular weight is 281 g/mol. The minimum atomic E-state index is -0.699. The van der Waals surface area contributed by atoms with Gasteiger partial charge in [-0.15, -0.1) is 0 Å². The first-order valence-corrected chi connectivity index (χ1v) is 6.88. The van der Waals surface area contributed by atoms with Gasteiger partial charge in [0.15, 0.2) is 0 Å². The molecule has 0 amide bonds. The maximum Gasteiger partial charge on any atom is 0.306 e. The van der Waals surface area contributed by atoms with Crippen LogP contribution in [-0.2, 0) is 11.3 Å². The number of carboxylic acids is 1. The highest BCUT2D eigenvalue weighted by molar-refractivity contribution is 5.70. The molecule has 5 heteroatoms. The number of nitrogens with one attached hydrogen (secondary N) is 1. The molecule has 110 valence electrons. The minimum absolute atomic E-state index is 0.211. The van der Waals surface area contributed by atoms with Crippen LogP contribution in [0.15, 0.2) is 18.2 Å². The Morgan fingerprint density at radius 3 is 2.70 bits per heavy atom. The number of hydrogen-bond donors (Lipinski definition) is 2. The molecule has 2 N–H and O–H groups in total. The number of carboxylic acid groups (broad SMARTS) is 1. The lowest BCUT2D eigenvalue weighted by Crippen LogP contribution is -2.34. The number of hydrogen-bond acceptors (Lipinski definition) is 3. The normalized spacial score (nSPS) is 22.5. The summed E-state index contributed by atoms with van der Waals surface area (Å²) < 4.78 is 18.4. The van der Waals surface area contributed by atoms with Crippen LogP contribution >= 0.6 is 0 Å². The van der Waals surface area contributed by atoms with E-state index in [0.717, 1.165) is 18.4 Å². The molecule has 1 saturated carbocycles. The first-order chi connectivity index (χ1) is 9.60. The van der Waals surface area contributed by atoms with Crippen molar-refractivity contribution in [3.63, 3.8) is 0 Å². The van der Waals surface area contributed by atoms with Crippen molar-refractivity contribution in [1.29, 1.82) is 0 Å². The van der Waals surface area contributed by atoms with E-state index in [9.17, 15) is 9.18 Å². The van der Waals surface area contributed by atoms with Crippen molar-refractivity contribution in [2.45, 2.75) is 38.3 Å². The summed E-state index contributed by atoms with van der Waals surface area (Å²) in [5.41, 5.74) is 0.785. The molecule has 0 atom stereocenters. The third-order valence-corrected chi connectivity index (χ3v) is 3.90. The molecule has 0 heterocycles. The smallest absolute Gasteiger partial charge is 0.306 e. The van der Waals surface area contributed by atoms with Crippen LogP contribution in [-0.4, -0.2) is 24.2 Å². The SMILES string of the molecule is COc1ccc(F)cc1CNC1CCC(C(=O)O)CC1. The van der Waals surface area contributed by atoms with E-state index in [1.165, 1.54) is 12.1 Å². The molecule has 1 aromatic carbocycles. The van der Waals surface area contributed by atoms with E-state index < -0.39 is 5.97 Å². The van der Waals surface area contributed by atoms with Gasteiger partial charge in [-0.25, -0.2) is 4.39 Å². The summed E-state index contributed by atoms with van der Waals surface area (Å²) >= 11 is 0. The second-order valence-corrected chi connectivity index (χ2v) is 5.22. The van der Waals surface area contributed by atoms with Crippen molar-refractivity contribution in [1.82, 2.24) is 5.32 Å². The molecule has 0 unspecified atom stereocenters. The molecule has 0 spiro atoms. The second-order valence-electron chi connectivity index (χ2n) is 5.22. The van der Waals surface area contributed by atoms with Crippen LogP contribution < -0.4 is 10.1 Å². The molecular weight excluding hydrogens is 261 g/mol. The summed E-state index contributed by atoms with van der Waals surface area (Å²) in [5, 5.41) is 12.3. The number of benzene rings is 1. The van der Waals surface area contributed by atoms with Gasteiger partial charge in [0.25, 0.3) is 0 Å². The first-order valence-electron chi connectivity index (χ1n) is 6.88. The van der Waals surface area contributed by atoms with E-state index >= 15 is 0 Å². The zero-order valence-corrected chi connectivity index (χ0v) is 11.6. The Balaban J connectivity index is 1.87. The van der Waals surface area contributed by atoms with Gasteiger partial charge in [-0.3, -0.25) is 4.79 Å². The van der Waals surface area contributed by atoms with Crippen LogP contribution in [0.3, 0.4) is 0 Å². The van der Waals surface area contributed by atoms with Crippen LogP contribution in [0.25, 0.3) is 0 Å². The highest BCUT2D eigenvalue weighted by Crippen LogP contribution is 2.25. The number of rotatable bonds is 5. The third kappa shape index (κ3) is 3.70. The van der Waals surface area contributed by atoms with Crippen LogP contribution in [0.4, 0.5) is 4.39 Å². The van der Waals surface area contributed by atoms with Gasteiger partial charge in [-0.2, -0.15) is 0 Å². The number of aliphatic carboxylic acids is 1. The lowest BCUT2D eigenvalue weighted by molar-refractivity contribution is -0.142. The molecule has 1 aliphatic carbocycles. The summed E-state index contributed by atoms with van der Waals surface area (Å²) in [5.74, 6) is -0.526. The van der Waals surface area contributed by atoms with Crippen molar-refractivity contribution in [3.05, 3.63) is 29.6 Å². The summed E-state index contributed by atoms with van der Waals surface area (Å²) in [6.07, 6.45) is 3.09. The predicted octanol–water partition coefficient (Wildman–Crippen LogP) is 2.57. The van der Waals surface area contributed by atoms with Crippen molar-refractivity contribution < 1.29 is 19.0 Å². The average Bonchev–Trinajstić information content (AvgIpc) is 2.45. The Bertz CT molecular complexity index is 470. The number of halogens is 1. The van der Waals surface area contributed by atoms with Gasteiger partial charge < -0.3 is 15.2 Å². The van der Waals surface area contributed by atoms with Gasteiger partial charge in [-0.05, 0) is 43.9 Å². The fraction of sp³-hybridized carbons (Fsp3) is 0.533. The lowest BCUT2D eigenvalue weighted by atomic mass is 9.86.